The van der Waals surface area contributed by atoms with E-state index in [1.807, 2.05) is 18.2 Å². The number of rotatable bonds is 2. The molecule has 2 rings (SSSR count). The second-order valence-corrected chi connectivity index (χ2v) is 3.60. The molecule has 1 amide bonds. The number of carbonyl (C=O) groups is 1. The highest BCUT2D eigenvalue weighted by atomic mass is 16.5. The summed E-state index contributed by atoms with van der Waals surface area (Å²) >= 11 is 0. The number of hydrogen-bond donors (Lipinski definition) is 2. The number of nitrogens with one attached hydrogen (secondary N) is 1. The molecule has 5 heteroatoms. The Labute approximate surface area is 93.0 Å². The summed E-state index contributed by atoms with van der Waals surface area (Å²) < 4.78 is 10.7. The number of amides is 1. The van der Waals surface area contributed by atoms with Crippen LogP contribution in [0.2, 0.25) is 0 Å². The summed E-state index contributed by atoms with van der Waals surface area (Å²) in [6, 6.07) is 5.32. The summed E-state index contributed by atoms with van der Waals surface area (Å²) in [4.78, 5) is 10.5. The van der Waals surface area contributed by atoms with Gasteiger partial charge in [-0.05, 0) is 12.1 Å². The van der Waals surface area contributed by atoms with Crippen molar-refractivity contribution >= 4 is 6.09 Å². The molecule has 0 bridgehead atoms. The Bertz CT molecular complexity index is 391. The highest BCUT2D eigenvalue weighted by Crippen LogP contribution is 2.32. The van der Waals surface area contributed by atoms with Crippen LogP contribution in [-0.2, 0) is 6.42 Å². The lowest BCUT2D eigenvalue weighted by Crippen LogP contribution is -2.42. The summed E-state index contributed by atoms with van der Waals surface area (Å²) in [5.41, 5.74) is 0.912. The predicted octanol–water partition coefficient (Wildman–Crippen LogP) is 1.27. The van der Waals surface area contributed by atoms with Crippen molar-refractivity contribution < 1.29 is 19.4 Å². The SMILES string of the molecule is COc1cccc2c1C[C@@H](NC(=O)O)CO2. The topological polar surface area (TPSA) is 67.8 Å². The zero-order valence-electron chi connectivity index (χ0n) is 8.90. The molecule has 1 aromatic carbocycles. The molecule has 1 aromatic rings. The van der Waals surface area contributed by atoms with Crippen LogP contribution >= 0.6 is 0 Å². The maximum atomic E-state index is 10.5. The van der Waals surface area contributed by atoms with E-state index in [9.17, 15) is 4.79 Å². The Hall–Kier alpha value is -1.91. The molecule has 0 aliphatic carbocycles. The average molecular weight is 223 g/mol. The van der Waals surface area contributed by atoms with Gasteiger partial charge in [0.15, 0.2) is 0 Å². The standard InChI is InChI=1S/C11H13NO4/c1-15-9-3-2-4-10-8(9)5-7(6-16-10)12-11(13)14/h2-4,7,12H,5-6H2,1H3,(H,13,14)/t7-/m1/s1. The number of benzene rings is 1. The first-order chi connectivity index (χ1) is 7.70. The van der Waals surface area contributed by atoms with E-state index in [2.05, 4.69) is 5.32 Å². The van der Waals surface area contributed by atoms with Gasteiger partial charge in [-0.15, -0.1) is 0 Å². The third-order valence-electron chi connectivity index (χ3n) is 2.53. The van der Waals surface area contributed by atoms with Gasteiger partial charge in [-0.3, -0.25) is 0 Å². The highest BCUT2D eigenvalue weighted by Gasteiger charge is 2.23. The Morgan fingerprint density at radius 3 is 3.12 bits per heavy atom. The van der Waals surface area contributed by atoms with Gasteiger partial charge in [-0.25, -0.2) is 4.79 Å². The van der Waals surface area contributed by atoms with Gasteiger partial charge >= 0.3 is 6.09 Å². The van der Waals surface area contributed by atoms with Gasteiger partial charge in [0.25, 0.3) is 0 Å². The van der Waals surface area contributed by atoms with E-state index in [-0.39, 0.29) is 6.04 Å². The van der Waals surface area contributed by atoms with Gasteiger partial charge < -0.3 is 19.9 Å². The number of methoxy groups -OCH3 is 1. The van der Waals surface area contributed by atoms with Crippen molar-refractivity contribution in [3.05, 3.63) is 23.8 Å². The van der Waals surface area contributed by atoms with Crippen LogP contribution in [0.3, 0.4) is 0 Å². The maximum absolute atomic E-state index is 10.5. The normalized spacial score (nSPS) is 18.2. The van der Waals surface area contributed by atoms with Crippen LogP contribution in [0.25, 0.3) is 0 Å². The molecule has 1 atom stereocenters. The van der Waals surface area contributed by atoms with E-state index in [1.165, 1.54) is 0 Å². The van der Waals surface area contributed by atoms with E-state index in [0.717, 1.165) is 17.1 Å². The lowest BCUT2D eigenvalue weighted by Gasteiger charge is -2.26. The molecular weight excluding hydrogens is 210 g/mol. The van der Waals surface area contributed by atoms with Crippen LogP contribution in [-0.4, -0.2) is 31.0 Å². The first-order valence-corrected chi connectivity index (χ1v) is 4.99. The number of hydrogen-bond acceptors (Lipinski definition) is 3. The van der Waals surface area contributed by atoms with Crippen molar-refractivity contribution in [2.75, 3.05) is 13.7 Å². The van der Waals surface area contributed by atoms with Crippen LogP contribution < -0.4 is 14.8 Å². The third-order valence-corrected chi connectivity index (χ3v) is 2.53. The molecule has 86 valence electrons. The molecule has 0 unspecified atom stereocenters. The van der Waals surface area contributed by atoms with Crippen molar-refractivity contribution in [1.82, 2.24) is 5.32 Å². The molecule has 0 spiro atoms. The van der Waals surface area contributed by atoms with Gasteiger partial charge in [0.1, 0.15) is 18.1 Å². The van der Waals surface area contributed by atoms with Crippen LogP contribution in [0.1, 0.15) is 5.56 Å². The van der Waals surface area contributed by atoms with Crippen molar-refractivity contribution in [3.63, 3.8) is 0 Å². The van der Waals surface area contributed by atoms with Crippen molar-refractivity contribution in [2.24, 2.45) is 0 Å². The molecule has 5 nitrogen and oxygen atoms in total. The Kier molecular flexibility index (Phi) is 2.85. The first-order valence-electron chi connectivity index (χ1n) is 4.99. The third kappa shape index (κ3) is 2.03. The summed E-state index contributed by atoms with van der Waals surface area (Å²) in [5, 5.41) is 11.1. The van der Waals surface area contributed by atoms with Crippen molar-refractivity contribution in [2.45, 2.75) is 12.5 Å². The van der Waals surface area contributed by atoms with Gasteiger partial charge in [0, 0.05) is 12.0 Å². The second kappa shape index (κ2) is 4.30. The van der Waals surface area contributed by atoms with E-state index >= 15 is 0 Å². The minimum atomic E-state index is -1.04. The fourth-order valence-corrected chi connectivity index (χ4v) is 1.84. The smallest absolute Gasteiger partial charge is 0.405 e. The first kappa shape index (κ1) is 10.6. The number of fused-ring (bicyclic) bond motifs is 1. The zero-order chi connectivity index (χ0) is 11.5. The minimum absolute atomic E-state index is 0.221. The van der Waals surface area contributed by atoms with Crippen LogP contribution in [0.5, 0.6) is 11.5 Å². The summed E-state index contributed by atoms with van der Waals surface area (Å²) in [7, 11) is 1.59. The molecule has 1 heterocycles. The van der Waals surface area contributed by atoms with Crippen molar-refractivity contribution in [3.8, 4) is 11.5 Å². The Balaban J connectivity index is 2.21. The molecule has 1 aliphatic rings. The number of carboxylic acid groups (broad SMARTS) is 1. The largest absolute Gasteiger partial charge is 0.496 e. The fourth-order valence-electron chi connectivity index (χ4n) is 1.84. The predicted molar refractivity (Wildman–Crippen MR) is 57.1 cm³/mol. The molecule has 0 saturated carbocycles. The van der Waals surface area contributed by atoms with Crippen LogP contribution in [0, 0.1) is 0 Å². The van der Waals surface area contributed by atoms with Crippen LogP contribution in [0.15, 0.2) is 18.2 Å². The zero-order valence-corrected chi connectivity index (χ0v) is 8.90. The van der Waals surface area contributed by atoms with Gasteiger partial charge in [-0.1, -0.05) is 6.07 Å². The second-order valence-electron chi connectivity index (χ2n) is 3.60. The molecule has 0 fully saturated rings. The molecule has 0 saturated heterocycles. The lowest BCUT2D eigenvalue weighted by atomic mass is 10.0. The van der Waals surface area contributed by atoms with E-state index in [1.54, 1.807) is 7.11 Å². The van der Waals surface area contributed by atoms with Crippen molar-refractivity contribution in [1.29, 1.82) is 0 Å². The quantitative estimate of drug-likeness (QED) is 0.792. The van der Waals surface area contributed by atoms with E-state index < -0.39 is 6.09 Å². The number of ether oxygens (including phenoxy) is 2. The molecule has 2 N–H and O–H groups in total. The lowest BCUT2D eigenvalue weighted by molar-refractivity contribution is 0.176. The Morgan fingerprint density at radius 1 is 1.62 bits per heavy atom. The fraction of sp³-hybridized carbons (Fsp3) is 0.364. The molecular formula is C11H13NO4. The van der Waals surface area contributed by atoms with E-state index in [0.29, 0.717) is 13.0 Å². The molecule has 1 aliphatic heterocycles. The van der Waals surface area contributed by atoms with E-state index in [4.69, 9.17) is 14.6 Å². The summed E-state index contributed by atoms with van der Waals surface area (Å²) in [6.45, 7) is 0.354. The highest BCUT2D eigenvalue weighted by molar-refractivity contribution is 5.65. The molecule has 16 heavy (non-hydrogen) atoms. The minimum Gasteiger partial charge on any atom is -0.496 e. The molecule has 0 aromatic heterocycles. The average Bonchev–Trinajstić information content (AvgIpc) is 2.27. The summed E-state index contributed by atoms with van der Waals surface area (Å²) in [5.74, 6) is 1.50. The van der Waals surface area contributed by atoms with Gasteiger partial charge in [0.05, 0.1) is 13.2 Å². The van der Waals surface area contributed by atoms with Crippen LogP contribution in [0.4, 0.5) is 4.79 Å². The Morgan fingerprint density at radius 2 is 2.44 bits per heavy atom. The molecule has 0 radical (unpaired) electrons. The van der Waals surface area contributed by atoms with Gasteiger partial charge in [-0.2, -0.15) is 0 Å². The van der Waals surface area contributed by atoms with Gasteiger partial charge in [0.2, 0.25) is 0 Å². The summed E-state index contributed by atoms with van der Waals surface area (Å²) in [6.07, 6.45) is -0.446. The maximum Gasteiger partial charge on any atom is 0.405 e. The monoisotopic (exact) mass is 223 g/mol.